The molecule has 1 N–H and O–H groups in total. The number of carbonyl (C=O) groups is 3. The highest BCUT2D eigenvalue weighted by Gasteiger charge is 2.39. The number of methoxy groups -OCH3 is 1. The summed E-state index contributed by atoms with van der Waals surface area (Å²) >= 11 is 0. The Hall–Kier alpha value is -3.85. The van der Waals surface area contributed by atoms with E-state index < -0.39 is 23.7 Å². The number of nitrogens with one attached hydrogen (secondary N) is 1. The Bertz CT molecular complexity index is 1310. The molecule has 9 heteroatoms. The summed E-state index contributed by atoms with van der Waals surface area (Å²) in [5.74, 6) is -3.34. The molecular formula is C30H32F2N2O5. The van der Waals surface area contributed by atoms with E-state index in [2.05, 4.69) is 10.2 Å². The van der Waals surface area contributed by atoms with Gasteiger partial charge in [0.2, 0.25) is 0 Å². The maximum Gasteiger partial charge on any atom is 0.336 e. The lowest BCUT2D eigenvalue weighted by Crippen LogP contribution is -2.39. The quantitative estimate of drug-likeness (QED) is 0.391. The zero-order valence-corrected chi connectivity index (χ0v) is 22.3. The third-order valence-electron chi connectivity index (χ3n) is 7.33. The average molecular weight is 539 g/mol. The second kappa shape index (κ2) is 12.3. The van der Waals surface area contributed by atoms with Gasteiger partial charge in [-0.05, 0) is 70.1 Å². The topological polar surface area (TPSA) is 84.9 Å². The highest BCUT2D eigenvalue weighted by atomic mass is 19.1. The summed E-state index contributed by atoms with van der Waals surface area (Å²) in [4.78, 5) is 40.9. The van der Waals surface area contributed by atoms with Gasteiger partial charge >= 0.3 is 11.9 Å². The molecule has 1 saturated heterocycles. The molecule has 4 rings (SSSR count). The lowest BCUT2D eigenvalue weighted by molar-refractivity contribution is -0.140. The number of ether oxygens (including phenoxy) is 2. The van der Waals surface area contributed by atoms with Crippen LogP contribution in [0.3, 0.4) is 0 Å². The largest absolute Gasteiger partial charge is 0.466 e. The normalized spacial score (nSPS) is 18.5. The maximum absolute atomic E-state index is 14.9. The van der Waals surface area contributed by atoms with Crippen molar-refractivity contribution >= 4 is 17.7 Å². The number of halogens is 2. The van der Waals surface area contributed by atoms with E-state index >= 15 is 0 Å². The second-order valence-corrected chi connectivity index (χ2v) is 9.77. The van der Waals surface area contributed by atoms with Gasteiger partial charge in [-0.3, -0.25) is 9.69 Å². The van der Waals surface area contributed by atoms with Crippen LogP contribution in [-0.4, -0.2) is 56.0 Å². The van der Waals surface area contributed by atoms with Crippen molar-refractivity contribution in [2.75, 3.05) is 33.4 Å². The summed E-state index contributed by atoms with van der Waals surface area (Å²) in [5, 5.41) is 3.04. The van der Waals surface area contributed by atoms with Gasteiger partial charge in [0.05, 0.1) is 24.2 Å². The first-order chi connectivity index (χ1) is 18.7. The van der Waals surface area contributed by atoms with E-state index in [1.54, 1.807) is 32.0 Å². The molecule has 0 saturated carbocycles. The molecule has 1 fully saturated rings. The number of hydrogen-bond donors (Lipinski definition) is 1. The number of esters is 2. The number of Topliss-reactive ketones (excluding diaryl/α,β-unsaturated/α-hetero) is 1. The molecule has 39 heavy (non-hydrogen) atoms. The fraction of sp³-hybridized carbons (Fsp3) is 0.367. The van der Waals surface area contributed by atoms with E-state index in [1.165, 1.54) is 37.4 Å². The average Bonchev–Trinajstić information content (AvgIpc) is 2.93. The summed E-state index contributed by atoms with van der Waals surface area (Å²) < 4.78 is 38.6. The van der Waals surface area contributed by atoms with Crippen molar-refractivity contribution in [3.05, 3.63) is 93.8 Å². The lowest BCUT2D eigenvalue weighted by atomic mass is 9.80. The van der Waals surface area contributed by atoms with Gasteiger partial charge in [-0.15, -0.1) is 0 Å². The zero-order chi connectivity index (χ0) is 28.1. The number of hydrogen-bond acceptors (Lipinski definition) is 7. The predicted octanol–water partition coefficient (Wildman–Crippen LogP) is 4.51. The van der Waals surface area contributed by atoms with Gasteiger partial charge in [-0.1, -0.05) is 18.2 Å². The van der Waals surface area contributed by atoms with Crippen LogP contribution in [0.15, 0.2) is 71.1 Å². The number of likely N-dealkylation sites (tertiary alicyclic amines) is 1. The number of piperidine rings is 1. The van der Waals surface area contributed by atoms with Crippen LogP contribution >= 0.6 is 0 Å². The molecule has 0 bridgehead atoms. The van der Waals surface area contributed by atoms with Crippen LogP contribution in [0.5, 0.6) is 0 Å². The van der Waals surface area contributed by atoms with Gasteiger partial charge in [0, 0.05) is 35.0 Å². The Morgan fingerprint density at radius 1 is 0.923 bits per heavy atom. The summed E-state index contributed by atoms with van der Waals surface area (Å²) in [6.07, 6.45) is 1.31. The zero-order valence-electron chi connectivity index (χ0n) is 22.3. The van der Waals surface area contributed by atoms with Gasteiger partial charge in [-0.2, -0.15) is 0 Å². The van der Waals surface area contributed by atoms with Crippen LogP contribution < -0.4 is 5.32 Å². The number of carbonyl (C=O) groups excluding carboxylic acids is 3. The number of dihydropyridines is 1. The predicted molar refractivity (Wildman–Crippen MR) is 141 cm³/mol. The van der Waals surface area contributed by atoms with Crippen molar-refractivity contribution < 1.29 is 32.6 Å². The first kappa shape index (κ1) is 28.2. The van der Waals surface area contributed by atoms with E-state index in [4.69, 9.17) is 9.47 Å². The fourth-order valence-electron chi connectivity index (χ4n) is 5.28. The minimum Gasteiger partial charge on any atom is -0.466 e. The number of allylic oxidation sites excluding steroid dienone is 2. The number of benzene rings is 2. The molecular weight excluding hydrogens is 506 g/mol. The van der Waals surface area contributed by atoms with E-state index in [9.17, 15) is 23.2 Å². The second-order valence-electron chi connectivity index (χ2n) is 9.77. The van der Waals surface area contributed by atoms with E-state index in [0.717, 1.165) is 0 Å². The minimum atomic E-state index is -0.986. The van der Waals surface area contributed by atoms with Crippen LogP contribution in [0.2, 0.25) is 0 Å². The Labute approximate surface area is 226 Å². The van der Waals surface area contributed by atoms with Gasteiger partial charge in [0.15, 0.2) is 5.78 Å². The van der Waals surface area contributed by atoms with Crippen molar-refractivity contribution in [1.29, 1.82) is 0 Å². The smallest absolute Gasteiger partial charge is 0.336 e. The molecule has 2 aromatic rings. The van der Waals surface area contributed by atoms with Gasteiger partial charge in [-0.25, -0.2) is 18.4 Å². The van der Waals surface area contributed by atoms with Gasteiger partial charge in [0.1, 0.15) is 18.2 Å². The number of rotatable bonds is 8. The van der Waals surface area contributed by atoms with Crippen LogP contribution in [-0.2, 0) is 19.1 Å². The van der Waals surface area contributed by atoms with E-state index in [1.807, 2.05) is 0 Å². The third kappa shape index (κ3) is 6.25. The molecule has 0 spiro atoms. The Morgan fingerprint density at radius 3 is 2.15 bits per heavy atom. The van der Waals surface area contributed by atoms with Crippen molar-refractivity contribution in [2.45, 2.75) is 32.6 Å². The lowest BCUT2D eigenvalue weighted by Gasteiger charge is -2.32. The third-order valence-corrected chi connectivity index (χ3v) is 7.33. The fourth-order valence-corrected chi connectivity index (χ4v) is 5.28. The van der Waals surface area contributed by atoms with Crippen LogP contribution in [0, 0.1) is 17.6 Å². The van der Waals surface area contributed by atoms with Crippen LogP contribution in [0.4, 0.5) is 8.78 Å². The molecule has 2 heterocycles. The summed E-state index contributed by atoms with van der Waals surface area (Å²) in [6.45, 7) is 5.23. The minimum absolute atomic E-state index is 0.0113. The molecule has 1 atom stereocenters. The van der Waals surface area contributed by atoms with Crippen LogP contribution in [0.1, 0.15) is 48.5 Å². The molecule has 7 nitrogen and oxygen atoms in total. The molecule has 0 aromatic heterocycles. The molecule has 0 aliphatic carbocycles. The molecule has 2 aromatic carbocycles. The standard InChI is InChI=1S/C30H32F2N2O5/c1-18-25(29(36)38-3)27(23-6-4-5-7-24(23)32)26(19(2)33-18)30(37)39-17-16-34-14-12-21(13-15-34)28(35)20-8-10-22(31)11-9-20/h4-11,21,27,33H,12-17H2,1-3H3. The summed E-state index contributed by atoms with van der Waals surface area (Å²) in [6, 6.07) is 11.6. The van der Waals surface area contributed by atoms with E-state index in [-0.39, 0.29) is 40.8 Å². The van der Waals surface area contributed by atoms with Gasteiger partial charge in [0.25, 0.3) is 0 Å². The molecule has 2 aliphatic heterocycles. The highest BCUT2D eigenvalue weighted by Crippen LogP contribution is 2.40. The van der Waals surface area contributed by atoms with Crippen molar-refractivity contribution in [2.24, 2.45) is 5.92 Å². The first-order valence-corrected chi connectivity index (χ1v) is 12.9. The van der Waals surface area contributed by atoms with Crippen molar-refractivity contribution in [3.8, 4) is 0 Å². The highest BCUT2D eigenvalue weighted by molar-refractivity contribution is 6.00. The van der Waals surface area contributed by atoms with Crippen LogP contribution in [0.25, 0.3) is 0 Å². The molecule has 0 amide bonds. The van der Waals surface area contributed by atoms with Crippen molar-refractivity contribution in [3.63, 3.8) is 0 Å². The Kier molecular flexibility index (Phi) is 8.91. The Morgan fingerprint density at radius 2 is 1.54 bits per heavy atom. The molecule has 1 unspecified atom stereocenters. The summed E-state index contributed by atoms with van der Waals surface area (Å²) in [7, 11) is 1.24. The van der Waals surface area contributed by atoms with Gasteiger partial charge < -0.3 is 14.8 Å². The SMILES string of the molecule is COC(=O)C1=C(C)NC(C)=C(C(=O)OCCN2CCC(C(=O)c3ccc(F)cc3)CC2)C1c1ccccc1F. The maximum atomic E-state index is 14.9. The Balaban J connectivity index is 1.39. The van der Waals surface area contributed by atoms with Crippen molar-refractivity contribution in [1.82, 2.24) is 10.2 Å². The number of nitrogens with zero attached hydrogens (tertiary/aromatic N) is 1. The number of ketones is 1. The first-order valence-electron chi connectivity index (χ1n) is 12.9. The molecule has 0 radical (unpaired) electrons. The van der Waals surface area contributed by atoms with E-state index in [0.29, 0.717) is 49.4 Å². The molecule has 206 valence electrons. The monoisotopic (exact) mass is 538 g/mol. The summed E-state index contributed by atoms with van der Waals surface area (Å²) in [5.41, 5.74) is 1.93. The molecule has 2 aliphatic rings.